The molecule has 2 N–H and O–H groups in total. The van der Waals surface area contributed by atoms with E-state index in [0.29, 0.717) is 17.9 Å². The van der Waals surface area contributed by atoms with E-state index in [9.17, 15) is 14.7 Å². The van der Waals surface area contributed by atoms with Crippen LogP contribution in [0.25, 0.3) is 0 Å². The molecule has 0 aliphatic heterocycles. The van der Waals surface area contributed by atoms with Crippen LogP contribution in [0.5, 0.6) is 5.88 Å². The Morgan fingerprint density at radius 2 is 1.90 bits per heavy atom. The molecule has 0 aliphatic carbocycles. The summed E-state index contributed by atoms with van der Waals surface area (Å²) >= 11 is 5.80. The van der Waals surface area contributed by atoms with Crippen LogP contribution < -0.4 is 11.2 Å². The molecule has 5 nitrogen and oxygen atoms in total. The summed E-state index contributed by atoms with van der Waals surface area (Å²) in [5.41, 5.74) is 0.0852. The smallest absolute Gasteiger partial charge is 0.331 e. The van der Waals surface area contributed by atoms with Crippen LogP contribution in [-0.4, -0.2) is 14.7 Å². The summed E-state index contributed by atoms with van der Waals surface area (Å²) in [6, 6.07) is 7.25. The number of aromatic hydroxyl groups is 1. The Kier molecular flexibility index (Phi) is 4.29. The van der Waals surface area contributed by atoms with E-state index < -0.39 is 11.2 Å². The van der Waals surface area contributed by atoms with E-state index >= 15 is 0 Å². The minimum Gasteiger partial charge on any atom is -0.494 e. The lowest BCUT2D eigenvalue weighted by Crippen LogP contribution is -2.32. The highest BCUT2D eigenvalue weighted by Crippen LogP contribution is 2.13. The average Bonchev–Trinajstić information content (AvgIpc) is 2.40. The van der Waals surface area contributed by atoms with Crippen LogP contribution in [0, 0.1) is 0 Å². The largest absolute Gasteiger partial charge is 0.494 e. The molecule has 0 saturated carbocycles. The van der Waals surface area contributed by atoms with E-state index in [4.69, 9.17) is 11.6 Å². The second-order valence-electron chi connectivity index (χ2n) is 4.44. The van der Waals surface area contributed by atoms with Crippen LogP contribution in [0.3, 0.4) is 0 Å². The van der Waals surface area contributed by atoms with E-state index in [1.165, 1.54) is 4.57 Å². The summed E-state index contributed by atoms with van der Waals surface area (Å²) in [4.78, 5) is 25.5. The van der Waals surface area contributed by atoms with Gasteiger partial charge in [0.15, 0.2) is 0 Å². The van der Waals surface area contributed by atoms with E-state index in [0.717, 1.165) is 5.56 Å². The summed E-state index contributed by atoms with van der Waals surface area (Å²) < 4.78 is 1.18. The van der Waals surface area contributed by atoms with Gasteiger partial charge in [0.2, 0.25) is 5.88 Å². The molecule has 0 atom stereocenters. The van der Waals surface area contributed by atoms with E-state index in [1.807, 2.05) is 12.1 Å². The molecule has 6 heteroatoms. The average molecular weight is 295 g/mol. The van der Waals surface area contributed by atoms with Gasteiger partial charge in [0.05, 0.1) is 5.56 Å². The number of benzene rings is 1. The highest BCUT2D eigenvalue weighted by atomic mass is 35.5. The number of aromatic amines is 1. The van der Waals surface area contributed by atoms with Gasteiger partial charge in [0.1, 0.15) is 0 Å². The third-order valence-corrected chi connectivity index (χ3v) is 3.41. The van der Waals surface area contributed by atoms with Crippen molar-refractivity contribution in [3.05, 3.63) is 61.3 Å². The minimum absolute atomic E-state index is 0.223. The van der Waals surface area contributed by atoms with E-state index in [-0.39, 0.29) is 18.0 Å². The Morgan fingerprint density at radius 1 is 1.25 bits per heavy atom. The van der Waals surface area contributed by atoms with Crippen molar-refractivity contribution in [2.75, 3.05) is 0 Å². The fraction of sp³-hybridized carbons (Fsp3) is 0.286. The van der Waals surface area contributed by atoms with Crippen LogP contribution in [0.15, 0.2) is 33.9 Å². The van der Waals surface area contributed by atoms with Crippen molar-refractivity contribution >= 4 is 11.6 Å². The molecule has 1 aromatic heterocycles. The van der Waals surface area contributed by atoms with Crippen molar-refractivity contribution in [2.24, 2.45) is 0 Å². The molecule has 0 amide bonds. The van der Waals surface area contributed by atoms with Gasteiger partial charge >= 0.3 is 5.69 Å². The first-order valence-corrected chi connectivity index (χ1v) is 6.70. The Labute approximate surface area is 120 Å². The molecule has 0 fully saturated rings. The normalized spacial score (nSPS) is 10.7. The first-order valence-electron chi connectivity index (χ1n) is 6.32. The topological polar surface area (TPSA) is 75.1 Å². The zero-order valence-electron chi connectivity index (χ0n) is 11.0. The molecule has 106 valence electrons. The molecule has 2 rings (SSSR count). The number of aromatic nitrogens is 2. The Bertz CT molecular complexity index is 717. The van der Waals surface area contributed by atoms with Crippen LogP contribution in [0.1, 0.15) is 18.1 Å². The summed E-state index contributed by atoms with van der Waals surface area (Å²) in [5.74, 6) is -0.254. The highest BCUT2D eigenvalue weighted by molar-refractivity contribution is 6.30. The van der Waals surface area contributed by atoms with Crippen molar-refractivity contribution < 1.29 is 5.11 Å². The molecule has 0 unspecified atom stereocenters. The van der Waals surface area contributed by atoms with Crippen LogP contribution in [0.4, 0.5) is 0 Å². The fourth-order valence-electron chi connectivity index (χ4n) is 2.02. The van der Waals surface area contributed by atoms with Crippen molar-refractivity contribution in [3.63, 3.8) is 0 Å². The summed E-state index contributed by atoms with van der Waals surface area (Å²) in [6.07, 6.45) is 0.919. The first kappa shape index (κ1) is 14.4. The molecule has 0 bridgehead atoms. The third-order valence-electron chi connectivity index (χ3n) is 3.16. The van der Waals surface area contributed by atoms with Gasteiger partial charge in [0, 0.05) is 11.6 Å². The zero-order valence-corrected chi connectivity index (χ0v) is 11.8. The predicted molar refractivity (Wildman–Crippen MR) is 77.5 cm³/mol. The van der Waals surface area contributed by atoms with Crippen LogP contribution in [-0.2, 0) is 19.4 Å². The number of nitrogens with one attached hydrogen (secondary N) is 1. The van der Waals surface area contributed by atoms with E-state index in [2.05, 4.69) is 4.98 Å². The number of hydrogen-bond donors (Lipinski definition) is 2. The molecule has 20 heavy (non-hydrogen) atoms. The number of hydrogen-bond acceptors (Lipinski definition) is 3. The van der Waals surface area contributed by atoms with Crippen LogP contribution >= 0.6 is 11.6 Å². The number of halogens is 1. The second-order valence-corrected chi connectivity index (χ2v) is 4.88. The van der Waals surface area contributed by atoms with Crippen molar-refractivity contribution in [1.82, 2.24) is 9.55 Å². The number of aryl methyl sites for hydroxylation is 1. The summed E-state index contributed by atoms with van der Waals surface area (Å²) in [5, 5.41) is 10.6. The lowest BCUT2D eigenvalue weighted by molar-refractivity contribution is 0.393. The number of rotatable bonds is 4. The van der Waals surface area contributed by atoms with Gasteiger partial charge in [-0.05, 0) is 30.5 Å². The molecular formula is C14H15ClN2O3. The van der Waals surface area contributed by atoms with Crippen molar-refractivity contribution in [1.29, 1.82) is 0 Å². The molecular weight excluding hydrogens is 280 g/mol. The van der Waals surface area contributed by atoms with Crippen molar-refractivity contribution in [3.8, 4) is 5.88 Å². The second kappa shape index (κ2) is 5.96. The predicted octanol–water partition coefficient (Wildman–Crippen LogP) is 1.70. The highest BCUT2D eigenvalue weighted by Gasteiger charge is 2.12. The van der Waals surface area contributed by atoms with Gasteiger partial charge in [0.25, 0.3) is 5.56 Å². The molecule has 2 aromatic rings. The SMILES string of the molecule is CCc1c(O)n(CCc2ccc(Cl)cc2)c(=O)[nH]c1=O. The zero-order chi connectivity index (χ0) is 14.7. The quantitative estimate of drug-likeness (QED) is 0.901. The monoisotopic (exact) mass is 294 g/mol. The van der Waals surface area contributed by atoms with Crippen LogP contribution in [0.2, 0.25) is 5.02 Å². The molecule has 1 heterocycles. The number of nitrogens with zero attached hydrogens (tertiary/aromatic N) is 1. The summed E-state index contributed by atoms with van der Waals surface area (Å²) in [6.45, 7) is 2.04. The Balaban J connectivity index is 2.28. The van der Waals surface area contributed by atoms with Gasteiger partial charge in [-0.15, -0.1) is 0 Å². The first-order chi connectivity index (χ1) is 9.52. The molecule has 0 aliphatic rings. The Hall–Kier alpha value is -2.01. The minimum atomic E-state index is -0.598. The van der Waals surface area contributed by atoms with Gasteiger partial charge in [-0.25, -0.2) is 4.79 Å². The molecule has 1 aromatic carbocycles. The number of H-pyrrole nitrogens is 1. The maximum atomic E-state index is 11.7. The standard InChI is InChI=1S/C14H15ClN2O3/c1-2-11-12(18)16-14(20)17(13(11)19)8-7-9-3-5-10(15)6-4-9/h3-6,19H,2,7-8H2,1H3,(H,16,18,20). The molecule has 0 spiro atoms. The third kappa shape index (κ3) is 2.93. The van der Waals surface area contributed by atoms with Gasteiger partial charge in [-0.2, -0.15) is 0 Å². The van der Waals surface area contributed by atoms with Gasteiger partial charge in [-0.1, -0.05) is 30.7 Å². The lowest BCUT2D eigenvalue weighted by atomic mass is 10.1. The molecule has 0 saturated heterocycles. The maximum absolute atomic E-state index is 11.7. The van der Waals surface area contributed by atoms with Gasteiger partial charge in [-0.3, -0.25) is 14.3 Å². The van der Waals surface area contributed by atoms with Crippen molar-refractivity contribution in [2.45, 2.75) is 26.3 Å². The fourth-order valence-corrected chi connectivity index (χ4v) is 2.14. The maximum Gasteiger partial charge on any atom is 0.331 e. The Morgan fingerprint density at radius 3 is 2.50 bits per heavy atom. The van der Waals surface area contributed by atoms with Gasteiger partial charge < -0.3 is 5.11 Å². The molecule has 0 radical (unpaired) electrons. The van der Waals surface area contributed by atoms with E-state index in [1.54, 1.807) is 19.1 Å². The summed E-state index contributed by atoms with van der Waals surface area (Å²) in [7, 11) is 0. The lowest BCUT2D eigenvalue weighted by Gasteiger charge is -2.10.